The van der Waals surface area contributed by atoms with E-state index in [1.807, 2.05) is 19.1 Å². The number of halogens is 2. The molecule has 0 amide bonds. The maximum absolute atomic E-state index is 13.7. The fourth-order valence-electron chi connectivity index (χ4n) is 1.97. The van der Waals surface area contributed by atoms with Crippen LogP contribution in [0.25, 0.3) is 0 Å². The molecular formula is C17H18ClFO. The molecule has 106 valence electrons. The molecule has 0 bridgehead atoms. The number of aryl methyl sites for hydroxylation is 1. The van der Waals surface area contributed by atoms with E-state index in [1.54, 1.807) is 12.1 Å². The van der Waals surface area contributed by atoms with Gasteiger partial charge in [0.2, 0.25) is 0 Å². The van der Waals surface area contributed by atoms with E-state index in [-0.39, 0.29) is 11.7 Å². The van der Waals surface area contributed by atoms with Gasteiger partial charge < -0.3 is 4.74 Å². The first-order valence-electron chi connectivity index (χ1n) is 6.64. The lowest BCUT2D eigenvalue weighted by Gasteiger charge is -2.14. The monoisotopic (exact) mass is 292 g/mol. The van der Waals surface area contributed by atoms with E-state index < -0.39 is 0 Å². The van der Waals surface area contributed by atoms with Crippen molar-refractivity contribution < 1.29 is 9.13 Å². The molecule has 2 aromatic rings. The Morgan fingerprint density at radius 1 is 1.15 bits per heavy atom. The van der Waals surface area contributed by atoms with Gasteiger partial charge in [0.1, 0.15) is 17.3 Å². The van der Waals surface area contributed by atoms with Crippen molar-refractivity contribution in [1.29, 1.82) is 0 Å². The Kier molecular flexibility index (Phi) is 4.66. The molecule has 2 aromatic carbocycles. The predicted octanol–water partition coefficient (Wildman–Crippen LogP) is 5.79. The topological polar surface area (TPSA) is 9.23 Å². The molecule has 0 atom stereocenters. The summed E-state index contributed by atoms with van der Waals surface area (Å²) in [5, 5.41) is 0. The van der Waals surface area contributed by atoms with Crippen LogP contribution in [-0.2, 0) is 5.88 Å². The van der Waals surface area contributed by atoms with Gasteiger partial charge in [-0.25, -0.2) is 4.39 Å². The summed E-state index contributed by atoms with van der Waals surface area (Å²) >= 11 is 5.81. The Balaban J connectivity index is 2.39. The van der Waals surface area contributed by atoms with Crippen LogP contribution in [0.3, 0.4) is 0 Å². The van der Waals surface area contributed by atoms with Crippen molar-refractivity contribution in [3.05, 3.63) is 58.9 Å². The summed E-state index contributed by atoms with van der Waals surface area (Å²) in [5.41, 5.74) is 2.59. The van der Waals surface area contributed by atoms with Crippen LogP contribution in [0.15, 0.2) is 36.4 Å². The van der Waals surface area contributed by atoms with Crippen molar-refractivity contribution >= 4 is 11.6 Å². The average Bonchev–Trinajstić information content (AvgIpc) is 2.41. The second-order valence-electron chi connectivity index (χ2n) is 5.13. The van der Waals surface area contributed by atoms with Crippen LogP contribution in [0.2, 0.25) is 0 Å². The Morgan fingerprint density at radius 2 is 1.90 bits per heavy atom. The van der Waals surface area contributed by atoms with E-state index >= 15 is 0 Å². The molecule has 0 saturated heterocycles. The predicted molar refractivity (Wildman–Crippen MR) is 81.3 cm³/mol. The van der Waals surface area contributed by atoms with Gasteiger partial charge in [-0.2, -0.15) is 0 Å². The minimum atomic E-state index is -0.338. The summed E-state index contributed by atoms with van der Waals surface area (Å²) in [6, 6.07) is 10.9. The van der Waals surface area contributed by atoms with Crippen molar-refractivity contribution in [3.8, 4) is 11.5 Å². The summed E-state index contributed by atoms with van der Waals surface area (Å²) < 4.78 is 19.6. The number of ether oxygens (including phenoxy) is 1. The molecule has 0 aliphatic carbocycles. The van der Waals surface area contributed by atoms with Gasteiger partial charge in [-0.15, -0.1) is 11.6 Å². The van der Waals surface area contributed by atoms with Crippen LogP contribution >= 0.6 is 11.6 Å². The lowest BCUT2D eigenvalue weighted by molar-refractivity contribution is 0.466. The van der Waals surface area contributed by atoms with Gasteiger partial charge in [0.25, 0.3) is 0 Å². The van der Waals surface area contributed by atoms with Gasteiger partial charge in [0.15, 0.2) is 0 Å². The summed E-state index contributed by atoms with van der Waals surface area (Å²) in [7, 11) is 0. The molecule has 0 spiro atoms. The van der Waals surface area contributed by atoms with E-state index in [0.29, 0.717) is 17.2 Å². The lowest BCUT2D eigenvalue weighted by atomic mass is 10.0. The molecule has 3 heteroatoms. The van der Waals surface area contributed by atoms with E-state index in [9.17, 15) is 4.39 Å². The highest BCUT2D eigenvalue weighted by Gasteiger charge is 2.11. The first-order valence-corrected chi connectivity index (χ1v) is 7.18. The fraction of sp³-hybridized carbons (Fsp3) is 0.294. The van der Waals surface area contributed by atoms with Crippen LogP contribution in [0.4, 0.5) is 4.39 Å². The third kappa shape index (κ3) is 3.13. The zero-order chi connectivity index (χ0) is 14.7. The molecule has 0 aromatic heterocycles. The fourth-order valence-corrected chi connectivity index (χ4v) is 2.23. The van der Waals surface area contributed by atoms with E-state index in [2.05, 4.69) is 19.9 Å². The molecule has 0 N–H and O–H groups in total. The maximum atomic E-state index is 13.7. The van der Waals surface area contributed by atoms with Crippen LogP contribution in [0.1, 0.15) is 36.5 Å². The summed E-state index contributed by atoms with van der Waals surface area (Å²) in [6.07, 6.45) is 0. The normalized spacial score (nSPS) is 10.9. The first kappa shape index (κ1) is 14.9. The van der Waals surface area contributed by atoms with Crippen molar-refractivity contribution in [1.82, 2.24) is 0 Å². The number of alkyl halides is 1. The Hall–Kier alpha value is -1.54. The van der Waals surface area contributed by atoms with Gasteiger partial charge >= 0.3 is 0 Å². The number of rotatable bonds is 4. The SMILES string of the molecule is Cc1ccc(C(C)C)cc1Oc1cccc(F)c1CCl. The van der Waals surface area contributed by atoms with Crippen molar-refractivity contribution in [2.45, 2.75) is 32.6 Å². The molecule has 0 aliphatic rings. The maximum Gasteiger partial charge on any atom is 0.134 e. The summed E-state index contributed by atoms with van der Waals surface area (Å²) in [5.74, 6) is 1.38. The number of hydrogen-bond donors (Lipinski definition) is 0. The minimum Gasteiger partial charge on any atom is -0.457 e. The second-order valence-corrected chi connectivity index (χ2v) is 5.40. The lowest BCUT2D eigenvalue weighted by Crippen LogP contribution is -1.96. The van der Waals surface area contributed by atoms with Gasteiger partial charge in [0, 0.05) is 5.56 Å². The number of benzene rings is 2. The highest BCUT2D eigenvalue weighted by molar-refractivity contribution is 6.17. The van der Waals surface area contributed by atoms with E-state index in [4.69, 9.17) is 16.3 Å². The summed E-state index contributed by atoms with van der Waals surface area (Å²) in [6.45, 7) is 6.22. The molecule has 0 radical (unpaired) electrons. The summed E-state index contributed by atoms with van der Waals surface area (Å²) in [4.78, 5) is 0. The molecule has 0 unspecified atom stereocenters. The van der Waals surface area contributed by atoms with Gasteiger partial charge in [-0.3, -0.25) is 0 Å². The molecule has 0 saturated carbocycles. The molecule has 1 nitrogen and oxygen atoms in total. The number of hydrogen-bond acceptors (Lipinski definition) is 1. The van der Waals surface area contributed by atoms with Gasteiger partial charge in [-0.05, 0) is 42.2 Å². The van der Waals surface area contributed by atoms with Crippen LogP contribution in [0.5, 0.6) is 11.5 Å². The molecule has 0 aliphatic heterocycles. The Morgan fingerprint density at radius 3 is 2.55 bits per heavy atom. The zero-order valence-electron chi connectivity index (χ0n) is 11.9. The minimum absolute atomic E-state index is 0.0882. The standard InChI is InChI=1S/C17H18ClFO/c1-11(2)13-8-7-12(3)17(9-13)20-16-6-4-5-15(19)14(16)10-18/h4-9,11H,10H2,1-3H3. The Bertz CT molecular complexity index is 608. The highest BCUT2D eigenvalue weighted by Crippen LogP contribution is 2.32. The molecule has 0 fully saturated rings. The van der Waals surface area contributed by atoms with Crippen LogP contribution in [0, 0.1) is 12.7 Å². The van der Waals surface area contributed by atoms with Gasteiger partial charge in [-0.1, -0.05) is 32.0 Å². The van der Waals surface area contributed by atoms with Crippen LogP contribution < -0.4 is 4.74 Å². The smallest absolute Gasteiger partial charge is 0.134 e. The van der Waals surface area contributed by atoms with Crippen molar-refractivity contribution in [2.75, 3.05) is 0 Å². The third-order valence-electron chi connectivity index (χ3n) is 3.31. The molecule has 0 heterocycles. The zero-order valence-corrected chi connectivity index (χ0v) is 12.7. The molecule has 20 heavy (non-hydrogen) atoms. The highest BCUT2D eigenvalue weighted by atomic mass is 35.5. The third-order valence-corrected chi connectivity index (χ3v) is 3.58. The van der Waals surface area contributed by atoms with Crippen LogP contribution in [-0.4, -0.2) is 0 Å². The van der Waals surface area contributed by atoms with Crippen molar-refractivity contribution in [3.63, 3.8) is 0 Å². The second kappa shape index (κ2) is 6.27. The largest absolute Gasteiger partial charge is 0.457 e. The van der Waals surface area contributed by atoms with Gasteiger partial charge in [0.05, 0.1) is 5.88 Å². The van der Waals surface area contributed by atoms with Crippen molar-refractivity contribution in [2.24, 2.45) is 0 Å². The quantitative estimate of drug-likeness (QED) is 0.648. The Labute approximate surface area is 124 Å². The molecular weight excluding hydrogens is 275 g/mol. The van der Waals surface area contributed by atoms with E-state index in [1.165, 1.54) is 11.6 Å². The average molecular weight is 293 g/mol. The molecule has 2 rings (SSSR count). The van der Waals surface area contributed by atoms with E-state index in [0.717, 1.165) is 11.3 Å². The first-order chi connectivity index (χ1) is 9.52.